The van der Waals surface area contributed by atoms with Crippen molar-refractivity contribution in [2.24, 2.45) is 0 Å². The van der Waals surface area contributed by atoms with Crippen LogP contribution in [-0.2, 0) is 5.41 Å². The van der Waals surface area contributed by atoms with Gasteiger partial charge in [-0.05, 0) is 120 Å². The van der Waals surface area contributed by atoms with Gasteiger partial charge in [-0.1, -0.05) is 50.0 Å². The van der Waals surface area contributed by atoms with Crippen LogP contribution in [-0.4, -0.2) is 23.6 Å². The standard InChI is InChI=1S/C47H30N2O6/c1-5-29-7-25-39-41(27-29)45(52)48(43(39)50)33-13-21-37(22-14-33)54-35-17-9-31(10-18-35)47(3,4)32-11-19-36(20-12-32)55-38-23-15-34(16-24-38)49-44(51)40-26-8-30(6-2)28-42(40)46(49)53/h1-2,7-28H,3-4H3. The van der Waals surface area contributed by atoms with E-state index in [0.29, 0.717) is 67.8 Å². The first-order valence-electron chi connectivity index (χ1n) is 17.3. The van der Waals surface area contributed by atoms with Crippen molar-refractivity contribution in [1.82, 2.24) is 0 Å². The van der Waals surface area contributed by atoms with Gasteiger partial charge in [-0.3, -0.25) is 19.2 Å². The lowest BCUT2D eigenvalue weighted by atomic mass is 9.78. The van der Waals surface area contributed by atoms with Crippen LogP contribution < -0.4 is 19.3 Å². The predicted molar refractivity (Wildman–Crippen MR) is 209 cm³/mol. The van der Waals surface area contributed by atoms with Crippen molar-refractivity contribution in [3.05, 3.63) is 178 Å². The zero-order chi connectivity index (χ0) is 38.4. The molecule has 0 saturated carbocycles. The van der Waals surface area contributed by atoms with E-state index in [1.54, 1.807) is 84.9 Å². The van der Waals surface area contributed by atoms with E-state index in [-0.39, 0.29) is 5.41 Å². The number of nitrogens with zero attached hydrogens (tertiary/aromatic N) is 2. The fraction of sp³-hybridized carbons (Fsp3) is 0.0638. The Morgan fingerprint density at radius 2 is 0.745 bits per heavy atom. The molecule has 4 amide bonds. The minimum Gasteiger partial charge on any atom is -0.457 e. The molecule has 0 atom stereocenters. The van der Waals surface area contributed by atoms with Crippen LogP contribution in [0.2, 0.25) is 0 Å². The number of hydrogen-bond donors (Lipinski definition) is 0. The summed E-state index contributed by atoms with van der Waals surface area (Å²) in [6.07, 6.45) is 10.9. The normalized spacial score (nSPS) is 13.3. The number of fused-ring (bicyclic) bond motifs is 2. The first-order valence-corrected chi connectivity index (χ1v) is 17.3. The highest BCUT2D eigenvalue weighted by Gasteiger charge is 2.38. The Labute approximate surface area is 317 Å². The summed E-state index contributed by atoms with van der Waals surface area (Å²) in [4.78, 5) is 54.3. The molecule has 0 spiro atoms. The Morgan fingerprint density at radius 1 is 0.436 bits per heavy atom. The molecule has 55 heavy (non-hydrogen) atoms. The quantitative estimate of drug-likeness (QED) is 0.115. The Bertz CT molecular complexity index is 2460. The van der Waals surface area contributed by atoms with Crippen LogP contribution in [0.25, 0.3) is 0 Å². The van der Waals surface area contributed by atoms with Crippen LogP contribution in [0.5, 0.6) is 23.0 Å². The predicted octanol–water partition coefficient (Wildman–Crippen LogP) is 9.16. The van der Waals surface area contributed by atoms with E-state index in [2.05, 4.69) is 25.7 Å². The maximum absolute atomic E-state index is 13.0. The summed E-state index contributed by atoms with van der Waals surface area (Å²) >= 11 is 0. The molecule has 2 aliphatic rings. The van der Waals surface area contributed by atoms with Gasteiger partial charge in [0, 0.05) is 16.5 Å². The third-order valence-electron chi connectivity index (χ3n) is 9.92. The number of carbonyl (C=O) groups excluding carboxylic acids is 4. The van der Waals surface area contributed by atoms with Crippen molar-refractivity contribution < 1.29 is 28.7 Å². The Balaban J connectivity index is 0.894. The molecule has 0 bridgehead atoms. The van der Waals surface area contributed by atoms with Gasteiger partial charge in [-0.15, -0.1) is 12.8 Å². The van der Waals surface area contributed by atoms with Crippen LogP contribution in [0.3, 0.4) is 0 Å². The van der Waals surface area contributed by atoms with Crippen molar-refractivity contribution in [3.8, 4) is 47.7 Å². The van der Waals surface area contributed by atoms with Gasteiger partial charge in [-0.2, -0.15) is 0 Å². The van der Waals surface area contributed by atoms with Crippen LogP contribution in [0.15, 0.2) is 133 Å². The van der Waals surface area contributed by atoms with Crippen LogP contribution in [0.1, 0.15) is 77.5 Å². The molecule has 2 heterocycles. The van der Waals surface area contributed by atoms with Crippen LogP contribution in [0, 0.1) is 24.7 Å². The zero-order valence-electron chi connectivity index (χ0n) is 29.7. The van der Waals surface area contributed by atoms with Gasteiger partial charge in [0.15, 0.2) is 0 Å². The van der Waals surface area contributed by atoms with Crippen LogP contribution in [0.4, 0.5) is 11.4 Å². The smallest absolute Gasteiger partial charge is 0.266 e. The number of amides is 4. The third kappa shape index (κ3) is 6.08. The highest BCUT2D eigenvalue weighted by atomic mass is 16.5. The fourth-order valence-corrected chi connectivity index (χ4v) is 6.77. The molecule has 0 saturated heterocycles. The number of anilines is 2. The Morgan fingerprint density at radius 3 is 1.07 bits per heavy atom. The minimum atomic E-state index is -0.415. The first-order chi connectivity index (χ1) is 26.5. The number of rotatable bonds is 8. The van der Waals surface area contributed by atoms with E-state index in [1.165, 1.54) is 0 Å². The van der Waals surface area contributed by atoms with Gasteiger partial charge in [0.05, 0.1) is 33.6 Å². The monoisotopic (exact) mass is 718 g/mol. The zero-order valence-corrected chi connectivity index (χ0v) is 29.7. The second kappa shape index (κ2) is 13.4. The Kier molecular flexibility index (Phi) is 8.37. The summed E-state index contributed by atoms with van der Waals surface area (Å²) in [5.74, 6) is 5.74. The van der Waals surface area contributed by atoms with Gasteiger partial charge in [0.1, 0.15) is 23.0 Å². The lowest BCUT2D eigenvalue weighted by Crippen LogP contribution is -2.29. The maximum atomic E-state index is 13.0. The summed E-state index contributed by atoms with van der Waals surface area (Å²) in [5, 5.41) is 0. The lowest BCUT2D eigenvalue weighted by molar-refractivity contribution is 0.0910. The third-order valence-corrected chi connectivity index (χ3v) is 9.92. The number of carbonyl (C=O) groups is 4. The maximum Gasteiger partial charge on any atom is 0.266 e. The van der Waals surface area contributed by atoms with Crippen molar-refractivity contribution in [2.45, 2.75) is 19.3 Å². The first kappa shape index (κ1) is 34.4. The Hall–Kier alpha value is -7.68. The molecular weight excluding hydrogens is 689 g/mol. The molecule has 264 valence electrons. The summed E-state index contributed by atoms with van der Waals surface area (Å²) < 4.78 is 12.2. The summed E-state index contributed by atoms with van der Waals surface area (Å²) in [6.45, 7) is 4.27. The number of imide groups is 2. The molecule has 8 nitrogen and oxygen atoms in total. The molecule has 0 unspecified atom stereocenters. The van der Waals surface area contributed by atoms with Gasteiger partial charge in [-0.25, -0.2) is 9.80 Å². The second-order valence-corrected chi connectivity index (χ2v) is 13.6. The molecular formula is C47H30N2O6. The second-order valence-electron chi connectivity index (χ2n) is 13.6. The van der Waals surface area contributed by atoms with Crippen LogP contribution >= 0.6 is 0 Å². The van der Waals surface area contributed by atoms with E-state index >= 15 is 0 Å². The summed E-state index contributed by atoms with van der Waals surface area (Å²) in [6, 6.07) is 38.8. The molecule has 2 aliphatic heterocycles. The van der Waals surface area contributed by atoms with E-state index < -0.39 is 23.6 Å². The average Bonchev–Trinajstić information content (AvgIpc) is 3.61. The molecule has 0 fully saturated rings. The molecule has 8 heteroatoms. The van der Waals surface area contributed by atoms with E-state index in [4.69, 9.17) is 22.3 Å². The van der Waals surface area contributed by atoms with E-state index in [0.717, 1.165) is 20.9 Å². The number of benzene rings is 6. The fourth-order valence-electron chi connectivity index (χ4n) is 6.77. The molecule has 6 aromatic carbocycles. The van der Waals surface area contributed by atoms with Gasteiger partial charge in [0.2, 0.25) is 0 Å². The highest BCUT2D eigenvalue weighted by Crippen LogP contribution is 2.37. The molecule has 0 radical (unpaired) electrons. The van der Waals surface area contributed by atoms with Crippen molar-refractivity contribution in [2.75, 3.05) is 9.80 Å². The largest absolute Gasteiger partial charge is 0.457 e. The number of ether oxygens (including phenoxy) is 2. The van der Waals surface area contributed by atoms with Gasteiger partial charge in [0.25, 0.3) is 23.6 Å². The molecule has 0 aromatic heterocycles. The number of hydrogen-bond acceptors (Lipinski definition) is 6. The SMILES string of the molecule is C#Cc1ccc2c(c1)C(=O)N(c1ccc(Oc3ccc(C(C)(C)c4ccc(Oc5ccc(N6C(=O)c7ccc(C#C)cc7C6=O)cc5)cc4)cc3)cc1)C2=O. The van der Waals surface area contributed by atoms with Crippen molar-refractivity contribution in [3.63, 3.8) is 0 Å². The van der Waals surface area contributed by atoms with Crippen molar-refractivity contribution >= 4 is 35.0 Å². The highest BCUT2D eigenvalue weighted by molar-refractivity contribution is 6.35. The topological polar surface area (TPSA) is 93.2 Å². The van der Waals surface area contributed by atoms with Gasteiger partial charge >= 0.3 is 0 Å². The summed E-state index contributed by atoms with van der Waals surface area (Å²) in [5.41, 5.74) is 4.98. The average molecular weight is 719 g/mol. The summed E-state index contributed by atoms with van der Waals surface area (Å²) in [7, 11) is 0. The minimum absolute atomic E-state index is 0.293. The van der Waals surface area contributed by atoms with E-state index in [9.17, 15) is 19.2 Å². The molecule has 0 N–H and O–H groups in total. The van der Waals surface area contributed by atoms with Crippen molar-refractivity contribution in [1.29, 1.82) is 0 Å². The van der Waals surface area contributed by atoms with E-state index in [1.807, 2.05) is 48.5 Å². The molecule has 8 rings (SSSR count). The molecule has 0 aliphatic carbocycles. The van der Waals surface area contributed by atoms with Gasteiger partial charge < -0.3 is 9.47 Å². The number of terminal acetylenes is 2. The molecule has 6 aromatic rings. The lowest BCUT2D eigenvalue weighted by Gasteiger charge is -2.26.